The molecule has 3 aromatic rings. The Balaban J connectivity index is 1.47. The number of nitrogens with one attached hydrogen (secondary N) is 1. The maximum Gasteiger partial charge on any atom is 0.283 e. The van der Waals surface area contributed by atoms with Crippen LogP contribution in [0.5, 0.6) is 0 Å². The molecule has 0 saturated carbocycles. The highest BCUT2D eigenvalue weighted by atomic mass is 32.1. The lowest BCUT2D eigenvalue weighted by Crippen LogP contribution is -2.42. The summed E-state index contributed by atoms with van der Waals surface area (Å²) in [5, 5.41) is 21.6. The first kappa shape index (κ1) is 22.2. The molecule has 0 saturated heterocycles. The number of rotatable bonds is 8. The minimum absolute atomic E-state index is 0.142. The number of amides is 1. The lowest BCUT2D eigenvalue weighted by molar-refractivity contribution is -0.121. The Morgan fingerprint density at radius 2 is 2.19 bits per heavy atom. The maximum absolute atomic E-state index is 13.1. The van der Waals surface area contributed by atoms with Gasteiger partial charge in [-0.15, -0.1) is 21.5 Å². The summed E-state index contributed by atoms with van der Waals surface area (Å²) in [5.41, 5.74) is 1.76. The van der Waals surface area contributed by atoms with Crippen molar-refractivity contribution in [3.8, 4) is 17.7 Å². The number of carbonyl (C=O) groups is 1. The van der Waals surface area contributed by atoms with Gasteiger partial charge in [0, 0.05) is 4.88 Å². The number of furan rings is 1. The zero-order chi connectivity index (χ0) is 22.5. The fraction of sp³-hybridized carbons (Fsp3) is 0.478. The van der Waals surface area contributed by atoms with E-state index in [0.29, 0.717) is 41.2 Å². The van der Waals surface area contributed by atoms with Gasteiger partial charge in [0.05, 0.1) is 24.4 Å². The average molecular weight is 454 g/mol. The van der Waals surface area contributed by atoms with Crippen LogP contribution in [0.15, 0.2) is 27.2 Å². The van der Waals surface area contributed by atoms with Crippen molar-refractivity contribution in [2.24, 2.45) is 0 Å². The second-order valence-electron chi connectivity index (χ2n) is 7.99. The van der Waals surface area contributed by atoms with Crippen LogP contribution < -0.4 is 5.32 Å². The van der Waals surface area contributed by atoms with E-state index in [-0.39, 0.29) is 5.91 Å². The monoisotopic (exact) mass is 453 g/mol. The molecule has 3 aromatic heterocycles. The first-order valence-electron chi connectivity index (χ1n) is 11.1. The first-order valence-corrected chi connectivity index (χ1v) is 11.9. The number of thiophene rings is 1. The van der Waals surface area contributed by atoms with Crippen molar-refractivity contribution in [1.29, 1.82) is 5.26 Å². The van der Waals surface area contributed by atoms with Crippen LogP contribution in [0, 0.1) is 11.3 Å². The predicted molar refractivity (Wildman–Crippen MR) is 121 cm³/mol. The number of nitrogens with zero attached hydrogens (tertiary/aromatic N) is 4. The van der Waals surface area contributed by atoms with E-state index in [4.69, 9.17) is 8.83 Å². The van der Waals surface area contributed by atoms with Crippen LogP contribution in [0.25, 0.3) is 11.7 Å². The van der Waals surface area contributed by atoms with E-state index in [1.807, 2.05) is 11.8 Å². The van der Waals surface area contributed by atoms with Gasteiger partial charge in [0.1, 0.15) is 11.1 Å². The Kier molecular flexibility index (Phi) is 7.02. The van der Waals surface area contributed by atoms with Gasteiger partial charge in [-0.05, 0) is 63.3 Å². The zero-order valence-electron chi connectivity index (χ0n) is 18.4. The van der Waals surface area contributed by atoms with E-state index in [2.05, 4.69) is 28.5 Å². The number of aromatic nitrogens is 2. The molecular weight excluding hydrogens is 426 g/mol. The lowest BCUT2D eigenvalue weighted by atomic mass is 10.1. The second kappa shape index (κ2) is 10.1. The molecule has 1 amide bonds. The summed E-state index contributed by atoms with van der Waals surface area (Å²) in [4.78, 5) is 16.4. The van der Waals surface area contributed by atoms with Crippen molar-refractivity contribution in [3.05, 3.63) is 40.3 Å². The molecule has 1 atom stereocenters. The summed E-state index contributed by atoms with van der Waals surface area (Å²) >= 11 is 1.55. The highest BCUT2D eigenvalue weighted by molar-refractivity contribution is 7.16. The third-order valence-corrected chi connectivity index (χ3v) is 6.95. The van der Waals surface area contributed by atoms with Gasteiger partial charge in [0.25, 0.3) is 5.89 Å². The summed E-state index contributed by atoms with van der Waals surface area (Å²) < 4.78 is 11.0. The van der Waals surface area contributed by atoms with Gasteiger partial charge < -0.3 is 14.2 Å². The van der Waals surface area contributed by atoms with Gasteiger partial charge in [0.2, 0.25) is 11.8 Å². The van der Waals surface area contributed by atoms with E-state index in [1.165, 1.54) is 11.3 Å². The zero-order valence-corrected chi connectivity index (χ0v) is 19.2. The molecule has 0 aromatic carbocycles. The molecule has 8 nitrogen and oxygen atoms in total. The third-order valence-electron chi connectivity index (χ3n) is 5.74. The summed E-state index contributed by atoms with van der Waals surface area (Å²) in [6, 6.07) is 5.41. The molecule has 0 fully saturated rings. The fourth-order valence-electron chi connectivity index (χ4n) is 4.02. The molecule has 1 N–H and O–H groups in total. The number of hydrogen-bond acceptors (Lipinski definition) is 8. The number of nitriles is 1. The van der Waals surface area contributed by atoms with Crippen LogP contribution in [0.2, 0.25) is 0 Å². The van der Waals surface area contributed by atoms with Gasteiger partial charge in [-0.1, -0.05) is 13.3 Å². The van der Waals surface area contributed by atoms with Crippen LogP contribution in [0.4, 0.5) is 5.00 Å². The Labute approximate surface area is 191 Å². The summed E-state index contributed by atoms with van der Waals surface area (Å²) in [7, 11) is 0. The van der Waals surface area contributed by atoms with E-state index in [0.717, 1.165) is 37.7 Å². The highest BCUT2D eigenvalue weighted by Gasteiger charge is 2.26. The molecular formula is C23H27N5O3S. The van der Waals surface area contributed by atoms with E-state index >= 15 is 0 Å². The van der Waals surface area contributed by atoms with Crippen LogP contribution in [0.1, 0.15) is 61.4 Å². The molecule has 9 heteroatoms. The minimum Gasteiger partial charge on any atom is -0.459 e. The number of carbonyl (C=O) groups excluding carboxylic acids is 1. The Morgan fingerprint density at radius 1 is 1.34 bits per heavy atom. The molecule has 1 aliphatic rings. The van der Waals surface area contributed by atoms with Gasteiger partial charge in [-0.25, -0.2) is 0 Å². The highest BCUT2D eigenvalue weighted by Crippen LogP contribution is 2.37. The average Bonchev–Trinajstić information content (AvgIpc) is 3.51. The standard InChI is InChI=1S/C23H27N5O3S/c1-3-11-28(14-20-26-27-22(31-20)18-9-7-12-30-18)15(2)21(29)25-23-17(13-24)16-8-5-4-6-10-19(16)32-23/h7,9,12,15H,3-6,8,10-11,14H2,1-2H3,(H,25,29). The topological polar surface area (TPSA) is 108 Å². The molecule has 0 bridgehead atoms. The summed E-state index contributed by atoms with van der Waals surface area (Å²) in [6.07, 6.45) is 7.73. The number of anilines is 1. The van der Waals surface area contributed by atoms with E-state index in [1.54, 1.807) is 29.7 Å². The Bertz CT molecular complexity index is 1100. The predicted octanol–water partition coefficient (Wildman–Crippen LogP) is 4.77. The molecule has 1 unspecified atom stereocenters. The molecule has 0 radical (unpaired) electrons. The van der Waals surface area contributed by atoms with Crippen molar-refractivity contribution in [3.63, 3.8) is 0 Å². The van der Waals surface area contributed by atoms with Crippen molar-refractivity contribution in [2.75, 3.05) is 11.9 Å². The number of fused-ring (bicyclic) bond motifs is 1. The van der Waals surface area contributed by atoms with Gasteiger partial charge in [0.15, 0.2) is 5.76 Å². The van der Waals surface area contributed by atoms with Crippen LogP contribution in [-0.4, -0.2) is 33.6 Å². The molecule has 3 heterocycles. The summed E-state index contributed by atoms with van der Waals surface area (Å²) in [6.45, 7) is 4.96. The smallest absolute Gasteiger partial charge is 0.283 e. The molecule has 32 heavy (non-hydrogen) atoms. The van der Waals surface area contributed by atoms with Crippen LogP contribution in [-0.2, 0) is 24.2 Å². The Morgan fingerprint density at radius 3 is 2.94 bits per heavy atom. The van der Waals surface area contributed by atoms with Gasteiger partial charge >= 0.3 is 0 Å². The largest absolute Gasteiger partial charge is 0.459 e. The fourth-order valence-corrected chi connectivity index (χ4v) is 5.26. The number of aryl methyl sites for hydroxylation is 1. The quantitative estimate of drug-likeness (QED) is 0.489. The van der Waals surface area contributed by atoms with Crippen molar-refractivity contribution in [2.45, 2.75) is 65.0 Å². The molecule has 4 rings (SSSR count). The van der Waals surface area contributed by atoms with E-state index < -0.39 is 6.04 Å². The third kappa shape index (κ3) is 4.76. The van der Waals surface area contributed by atoms with E-state index in [9.17, 15) is 10.1 Å². The number of hydrogen-bond donors (Lipinski definition) is 1. The first-order chi connectivity index (χ1) is 15.6. The maximum atomic E-state index is 13.1. The molecule has 168 valence electrons. The van der Waals surface area contributed by atoms with Crippen molar-refractivity contribution in [1.82, 2.24) is 15.1 Å². The summed E-state index contributed by atoms with van der Waals surface area (Å²) in [5.74, 6) is 1.11. The van der Waals surface area contributed by atoms with Gasteiger partial charge in [-0.2, -0.15) is 5.26 Å². The van der Waals surface area contributed by atoms with Crippen molar-refractivity contribution < 1.29 is 13.6 Å². The molecule has 1 aliphatic carbocycles. The van der Waals surface area contributed by atoms with Crippen LogP contribution >= 0.6 is 11.3 Å². The minimum atomic E-state index is -0.428. The molecule has 0 spiro atoms. The molecule has 0 aliphatic heterocycles. The second-order valence-corrected chi connectivity index (χ2v) is 9.10. The lowest BCUT2D eigenvalue weighted by Gasteiger charge is -2.26. The Hall–Kier alpha value is -2.96. The van der Waals surface area contributed by atoms with Crippen LogP contribution in [0.3, 0.4) is 0 Å². The van der Waals surface area contributed by atoms with Gasteiger partial charge in [-0.3, -0.25) is 9.69 Å². The van der Waals surface area contributed by atoms with Crippen molar-refractivity contribution >= 4 is 22.2 Å². The SMILES string of the molecule is CCCN(Cc1nnc(-c2ccco2)o1)C(C)C(=O)Nc1sc2c(c1C#N)CCCCC2. The normalized spacial score (nSPS) is 14.6.